The van der Waals surface area contributed by atoms with Crippen LogP contribution in [0.3, 0.4) is 0 Å². The molecular weight excluding hydrogens is 220 g/mol. The van der Waals surface area contributed by atoms with E-state index in [1.54, 1.807) is 23.6 Å². The van der Waals surface area contributed by atoms with Crippen LogP contribution in [0, 0.1) is 18.3 Å². The summed E-state index contributed by atoms with van der Waals surface area (Å²) in [6.07, 6.45) is 1.62. The molecule has 0 saturated carbocycles. The molecule has 80 valence electrons. The molecule has 1 N–H and O–H groups in total. The van der Waals surface area contributed by atoms with Gasteiger partial charge in [-0.3, -0.25) is 0 Å². The van der Waals surface area contributed by atoms with Crippen LogP contribution in [0.1, 0.15) is 16.4 Å². The Morgan fingerprint density at radius 3 is 3.12 bits per heavy atom. The summed E-state index contributed by atoms with van der Waals surface area (Å²) in [6, 6.07) is 5.56. The number of rotatable bonds is 3. The zero-order valence-corrected chi connectivity index (χ0v) is 9.58. The Bertz CT molecular complexity index is 527. The minimum atomic E-state index is 0.416. The van der Waals surface area contributed by atoms with Crippen LogP contribution >= 0.6 is 11.3 Å². The monoisotopic (exact) mass is 230 g/mol. The quantitative estimate of drug-likeness (QED) is 0.879. The van der Waals surface area contributed by atoms with E-state index in [0.29, 0.717) is 12.2 Å². The van der Waals surface area contributed by atoms with Crippen molar-refractivity contribution in [3.63, 3.8) is 0 Å². The molecule has 0 saturated heterocycles. The van der Waals surface area contributed by atoms with Crippen molar-refractivity contribution >= 4 is 17.0 Å². The maximum atomic E-state index is 8.70. The minimum absolute atomic E-state index is 0.416. The Kier molecular flexibility index (Phi) is 3.13. The molecule has 0 unspecified atom stereocenters. The first kappa shape index (κ1) is 10.6. The summed E-state index contributed by atoms with van der Waals surface area (Å²) in [5.74, 6) is 0. The number of aryl methyl sites for hydroxylation is 1. The summed E-state index contributed by atoms with van der Waals surface area (Å²) in [5.41, 5.74) is 2.31. The number of hydrogen-bond donors (Lipinski definition) is 1. The number of thiazole rings is 1. The molecule has 0 aliphatic rings. The molecule has 0 amide bonds. The second-order valence-corrected chi connectivity index (χ2v) is 4.32. The zero-order valence-electron chi connectivity index (χ0n) is 8.77. The van der Waals surface area contributed by atoms with Crippen LogP contribution in [0.2, 0.25) is 0 Å². The summed E-state index contributed by atoms with van der Waals surface area (Å²) in [4.78, 5) is 8.25. The number of nitrogens with one attached hydrogen (secondary N) is 1. The van der Waals surface area contributed by atoms with E-state index >= 15 is 0 Å². The van der Waals surface area contributed by atoms with Gasteiger partial charge in [-0.1, -0.05) is 0 Å². The van der Waals surface area contributed by atoms with Crippen LogP contribution in [0.5, 0.6) is 0 Å². The van der Waals surface area contributed by atoms with Crippen LogP contribution in [-0.2, 0) is 6.54 Å². The van der Waals surface area contributed by atoms with Crippen molar-refractivity contribution in [2.24, 2.45) is 0 Å². The first-order valence-corrected chi connectivity index (χ1v) is 5.67. The van der Waals surface area contributed by atoms with E-state index in [-0.39, 0.29) is 0 Å². The van der Waals surface area contributed by atoms with Crippen LogP contribution in [0.15, 0.2) is 23.7 Å². The van der Waals surface area contributed by atoms with Gasteiger partial charge in [-0.15, -0.1) is 11.3 Å². The summed E-state index contributed by atoms with van der Waals surface area (Å²) in [6.45, 7) is 2.65. The molecule has 0 fully saturated rings. The molecule has 0 aromatic carbocycles. The highest BCUT2D eigenvalue weighted by molar-refractivity contribution is 7.09. The first-order valence-electron chi connectivity index (χ1n) is 4.79. The minimum Gasteiger partial charge on any atom is -0.379 e. The van der Waals surface area contributed by atoms with E-state index in [9.17, 15) is 0 Å². The molecular formula is C11H10N4S. The van der Waals surface area contributed by atoms with E-state index in [0.717, 1.165) is 16.4 Å². The number of nitriles is 1. The number of nitrogens with zero attached hydrogens (tertiary/aromatic N) is 3. The first-order chi connectivity index (χ1) is 7.78. The lowest BCUT2D eigenvalue weighted by Gasteiger charge is -2.03. The highest BCUT2D eigenvalue weighted by Crippen LogP contribution is 2.12. The molecule has 0 spiro atoms. The Morgan fingerprint density at radius 1 is 1.56 bits per heavy atom. The molecule has 16 heavy (non-hydrogen) atoms. The SMILES string of the molecule is Cc1nc(CNc2ccnc(C#N)c2)cs1. The second-order valence-electron chi connectivity index (χ2n) is 3.25. The molecule has 0 aliphatic carbocycles. The van der Waals surface area contributed by atoms with Gasteiger partial charge >= 0.3 is 0 Å². The van der Waals surface area contributed by atoms with Crippen molar-refractivity contribution in [2.75, 3.05) is 5.32 Å². The van der Waals surface area contributed by atoms with Gasteiger partial charge in [0.05, 0.1) is 17.2 Å². The average Bonchev–Trinajstić information content (AvgIpc) is 2.73. The molecule has 0 atom stereocenters. The van der Waals surface area contributed by atoms with E-state index in [1.165, 1.54) is 0 Å². The van der Waals surface area contributed by atoms with Crippen LogP contribution in [-0.4, -0.2) is 9.97 Å². The third kappa shape index (κ3) is 2.55. The van der Waals surface area contributed by atoms with Crippen molar-refractivity contribution in [1.82, 2.24) is 9.97 Å². The number of hydrogen-bond acceptors (Lipinski definition) is 5. The fourth-order valence-electron chi connectivity index (χ4n) is 1.28. The molecule has 0 bridgehead atoms. The van der Waals surface area contributed by atoms with Crippen molar-refractivity contribution in [3.05, 3.63) is 40.1 Å². The molecule has 2 aromatic rings. The molecule has 2 heterocycles. The Hall–Kier alpha value is -1.93. The normalized spacial score (nSPS) is 9.75. The van der Waals surface area contributed by atoms with Gasteiger partial charge in [0.15, 0.2) is 0 Å². The van der Waals surface area contributed by atoms with Crippen molar-refractivity contribution in [3.8, 4) is 6.07 Å². The summed E-state index contributed by atoms with van der Waals surface area (Å²) in [7, 11) is 0. The smallest absolute Gasteiger partial charge is 0.142 e. The third-order valence-corrected chi connectivity index (χ3v) is 2.84. The maximum Gasteiger partial charge on any atom is 0.142 e. The zero-order chi connectivity index (χ0) is 11.4. The van der Waals surface area contributed by atoms with Crippen molar-refractivity contribution < 1.29 is 0 Å². The van der Waals surface area contributed by atoms with Crippen molar-refractivity contribution in [2.45, 2.75) is 13.5 Å². The lowest BCUT2D eigenvalue weighted by Crippen LogP contribution is -2.00. The van der Waals surface area contributed by atoms with Gasteiger partial charge in [-0.2, -0.15) is 5.26 Å². The number of anilines is 1. The van der Waals surface area contributed by atoms with Gasteiger partial charge in [0, 0.05) is 17.3 Å². The second kappa shape index (κ2) is 4.73. The standard InChI is InChI=1S/C11H10N4S/c1-8-15-11(7-16-8)6-14-9-2-3-13-10(4-9)5-12/h2-4,7H,6H2,1H3,(H,13,14). The summed E-state index contributed by atoms with van der Waals surface area (Å²) in [5, 5.41) is 15.0. The molecule has 4 nitrogen and oxygen atoms in total. The summed E-state index contributed by atoms with van der Waals surface area (Å²) >= 11 is 1.63. The predicted octanol–water partition coefficient (Wildman–Crippen LogP) is 2.33. The molecule has 2 rings (SSSR count). The van der Waals surface area contributed by atoms with Gasteiger partial charge < -0.3 is 5.32 Å². The maximum absolute atomic E-state index is 8.70. The highest BCUT2D eigenvalue weighted by atomic mass is 32.1. The fraction of sp³-hybridized carbons (Fsp3) is 0.182. The fourth-order valence-corrected chi connectivity index (χ4v) is 1.90. The molecule has 0 radical (unpaired) electrons. The Labute approximate surface area is 97.6 Å². The van der Waals surface area contributed by atoms with E-state index in [4.69, 9.17) is 5.26 Å². The topological polar surface area (TPSA) is 61.6 Å². The molecule has 2 aromatic heterocycles. The van der Waals surface area contributed by atoms with Crippen LogP contribution in [0.4, 0.5) is 5.69 Å². The average molecular weight is 230 g/mol. The highest BCUT2D eigenvalue weighted by Gasteiger charge is 1.99. The number of pyridine rings is 1. The lowest BCUT2D eigenvalue weighted by atomic mass is 10.3. The van der Waals surface area contributed by atoms with Gasteiger partial charge in [-0.25, -0.2) is 9.97 Å². The van der Waals surface area contributed by atoms with Gasteiger partial charge in [0.25, 0.3) is 0 Å². The molecule has 0 aliphatic heterocycles. The predicted molar refractivity (Wildman–Crippen MR) is 63.1 cm³/mol. The van der Waals surface area contributed by atoms with Crippen LogP contribution in [0.25, 0.3) is 0 Å². The van der Waals surface area contributed by atoms with Crippen molar-refractivity contribution in [1.29, 1.82) is 5.26 Å². The van der Waals surface area contributed by atoms with Gasteiger partial charge in [-0.05, 0) is 19.1 Å². The van der Waals surface area contributed by atoms with Gasteiger partial charge in [0.1, 0.15) is 11.8 Å². The number of aromatic nitrogens is 2. The third-order valence-electron chi connectivity index (χ3n) is 2.01. The van der Waals surface area contributed by atoms with Crippen LogP contribution < -0.4 is 5.32 Å². The Balaban J connectivity index is 2.02. The molecule has 5 heteroatoms. The Morgan fingerprint density at radius 2 is 2.44 bits per heavy atom. The largest absolute Gasteiger partial charge is 0.379 e. The summed E-state index contributed by atoms with van der Waals surface area (Å²) < 4.78 is 0. The van der Waals surface area contributed by atoms with Gasteiger partial charge in [0.2, 0.25) is 0 Å². The van der Waals surface area contributed by atoms with E-state index < -0.39 is 0 Å². The van der Waals surface area contributed by atoms with E-state index in [2.05, 4.69) is 15.3 Å². The van der Waals surface area contributed by atoms with E-state index in [1.807, 2.05) is 24.4 Å². The lowest BCUT2D eigenvalue weighted by molar-refractivity contribution is 1.05.